The van der Waals surface area contributed by atoms with Gasteiger partial charge in [-0.2, -0.15) is 0 Å². The summed E-state index contributed by atoms with van der Waals surface area (Å²) in [4.78, 5) is 4.13. The third-order valence-corrected chi connectivity index (χ3v) is 1.93. The van der Waals surface area contributed by atoms with Crippen molar-refractivity contribution in [2.75, 3.05) is 7.11 Å². The zero-order valence-electron chi connectivity index (χ0n) is 8.09. The van der Waals surface area contributed by atoms with Gasteiger partial charge in [0.25, 0.3) is 0 Å². The molecule has 0 aliphatic rings. The van der Waals surface area contributed by atoms with Crippen LogP contribution in [-0.2, 0) is 0 Å². The molecule has 1 heterocycles. The molecule has 0 aliphatic heterocycles. The maximum Gasteiger partial charge on any atom is 0.128 e. The molecule has 0 amide bonds. The van der Waals surface area contributed by atoms with Gasteiger partial charge < -0.3 is 4.74 Å². The van der Waals surface area contributed by atoms with E-state index in [-0.39, 0.29) is 0 Å². The van der Waals surface area contributed by atoms with Crippen molar-refractivity contribution >= 4 is 0 Å². The van der Waals surface area contributed by atoms with E-state index in [0.717, 1.165) is 11.3 Å². The number of nitrogens with zero attached hydrogens (tertiary/aromatic N) is 1. The first-order chi connectivity index (χ1) is 5.66. The van der Waals surface area contributed by atoms with E-state index in [4.69, 9.17) is 4.74 Å². The molecule has 0 radical (unpaired) electrons. The van der Waals surface area contributed by atoms with Crippen molar-refractivity contribution in [3.63, 3.8) is 0 Å². The largest absolute Gasteiger partial charge is 0.496 e. The summed E-state index contributed by atoms with van der Waals surface area (Å²) in [5.41, 5.74) is 2.28. The number of pyridine rings is 1. The summed E-state index contributed by atoms with van der Waals surface area (Å²) in [5, 5.41) is 0. The second kappa shape index (κ2) is 3.57. The fourth-order valence-corrected chi connectivity index (χ4v) is 1.26. The number of rotatable bonds is 2. The Bertz CT molecular complexity index is 269. The highest BCUT2D eigenvalue weighted by atomic mass is 16.5. The number of aryl methyl sites for hydroxylation is 1. The Labute approximate surface area is 73.6 Å². The molecule has 2 nitrogen and oxygen atoms in total. The SMILES string of the molecule is COc1c(C)cncc1C(C)C. The molecule has 1 aromatic heterocycles. The zero-order chi connectivity index (χ0) is 9.14. The normalized spacial score (nSPS) is 10.4. The van der Waals surface area contributed by atoms with Crippen molar-refractivity contribution in [2.45, 2.75) is 26.7 Å². The number of aromatic nitrogens is 1. The standard InChI is InChI=1S/C10H15NO/c1-7(2)9-6-11-5-8(3)10(9)12-4/h5-7H,1-4H3. The lowest BCUT2D eigenvalue weighted by Crippen LogP contribution is -1.97. The van der Waals surface area contributed by atoms with Gasteiger partial charge in [-0.3, -0.25) is 4.98 Å². The molecular formula is C10H15NO. The Morgan fingerprint density at radius 1 is 1.33 bits per heavy atom. The first-order valence-corrected chi connectivity index (χ1v) is 4.15. The molecule has 12 heavy (non-hydrogen) atoms. The molecule has 66 valence electrons. The fourth-order valence-electron chi connectivity index (χ4n) is 1.26. The highest BCUT2D eigenvalue weighted by Gasteiger charge is 2.08. The van der Waals surface area contributed by atoms with Gasteiger partial charge >= 0.3 is 0 Å². The molecule has 0 aromatic carbocycles. The first kappa shape index (κ1) is 9.04. The Balaban J connectivity index is 3.18. The number of methoxy groups -OCH3 is 1. The van der Waals surface area contributed by atoms with Crippen molar-refractivity contribution in [2.24, 2.45) is 0 Å². The van der Waals surface area contributed by atoms with Gasteiger partial charge in [0.15, 0.2) is 0 Å². The Morgan fingerprint density at radius 2 is 2.00 bits per heavy atom. The molecule has 2 heteroatoms. The van der Waals surface area contributed by atoms with Crippen LogP contribution in [0.25, 0.3) is 0 Å². The minimum atomic E-state index is 0.465. The van der Waals surface area contributed by atoms with Gasteiger partial charge in [-0.15, -0.1) is 0 Å². The van der Waals surface area contributed by atoms with Crippen molar-refractivity contribution in [1.82, 2.24) is 4.98 Å². The maximum absolute atomic E-state index is 5.30. The van der Waals surface area contributed by atoms with E-state index in [1.807, 2.05) is 19.3 Å². The molecule has 1 aromatic rings. The number of hydrogen-bond acceptors (Lipinski definition) is 2. The van der Waals surface area contributed by atoms with Gasteiger partial charge in [-0.1, -0.05) is 13.8 Å². The van der Waals surface area contributed by atoms with E-state index < -0.39 is 0 Å². The number of ether oxygens (including phenoxy) is 1. The molecule has 0 atom stereocenters. The predicted molar refractivity (Wildman–Crippen MR) is 49.6 cm³/mol. The van der Waals surface area contributed by atoms with Gasteiger partial charge in [-0.25, -0.2) is 0 Å². The van der Waals surface area contributed by atoms with E-state index in [0.29, 0.717) is 5.92 Å². The minimum Gasteiger partial charge on any atom is -0.496 e. The predicted octanol–water partition coefficient (Wildman–Crippen LogP) is 2.52. The average Bonchev–Trinajstić information content (AvgIpc) is 2.03. The maximum atomic E-state index is 5.30. The van der Waals surface area contributed by atoms with Crippen molar-refractivity contribution in [1.29, 1.82) is 0 Å². The average molecular weight is 165 g/mol. The van der Waals surface area contributed by atoms with Crippen LogP contribution in [0.2, 0.25) is 0 Å². The fraction of sp³-hybridized carbons (Fsp3) is 0.500. The Kier molecular flexibility index (Phi) is 2.69. The van der Waals surface area contributed by atoms with Crippen LogP contribution < -0.4 is 4.74 Å². The van der Waals surface area contributed by atoms with Crippen LogP contribution in [0, 0.1) is 6.92 Å². The monoisotopic (exact) mass is 165 g/mol. The minimum absolute atomic E-state index is 0.465. The van der Waals surface area contributed by atoms with Crippen LogP contribution in [0.15, 0.2) is 12.4 Å². The van der Waals surface area contributed by atoms with E-state index in [1.54, 1.807) is 7.11 Å². The Morgan fingerprint density at radius 3 is 2.42 bits per heavy atom. The molecule has 0 N–H and O–H groups in total. The summed E-state index contributed by atoms with van der Waals surface area (Å²) in [7, 11) is 1.70. The molecule has 0 fully saturated rings. The van der Waals surface area contributed by atoms with Crippen molar-refractivity contribution < 1.29 is 4.74 Å². The lowest BCUT2D eigenvalue weighted by Gasteiger charge is -2.12. The summed E-state index contributed by atoms with van der Waals surface area (Å²) in [6.45, 7) is 6.29. The van der Waals surface area contributed by atoms with Gasteiger partial charge in [0.05, 0.1) is 7.11 Å². The smallest absolute Gasteiger partial charge is 0.128 e. The highest BCUT2D eigenvalue weighted by molar-refractivity contribution is 5.39. The van der Waals surface area contributed by atoms with Crippen LogP contribution in [0.4, 0.5) is 0 Å². The third kappa shape index (κ3) is 1.58. The van der Waals surface area contributed by atoms with Crippen LogP contribution >= 0.6 is 0 Å². The summed E-state index contributed by atoms with van der Waals surface area (Å²) >= 11 is 0. The topological polar surface area (TPSA) is 22.1 Å². The summed E-state index contributed by atoms with van der Waals surface area (Å²) < 4.78 is 5.30. The van der Waals surface area contributed by atoms with Crippen molar-refractivity contribution in [3.8, 4) is 5.75 Å². The van der Waals surface area contributed by atoms with Gasteiger partial charge in [0.2, 0.25) is 0 Å². The molecule has 0 saturated heterocycles. The lowest BCUT2D eigenvalue weighted by atomic mass is 10.0. The van der Waals surface area contributed by atoms with E-state index in [1.165, 1.54) is 5.56 Å². The van der Waals surface area contributed by atoms with Gasteiger partial charge in [-0.05, 0) is 12.8 Å². The third-order valence-electron chi connectivity index (χ3n) is 1.93. The van der Waals surface area contributed by atoms with Crippen LogP contribution in [0.5, 0.6) is 5.75 Å². The first-order valence-electron chi connectivity index (χ1n) is 4.15. The summed E-state index contributed by atoms with van der Waals surface area (Å²) in [6.07, 6.45) is 3.70. The Hall–Kier alpha value is -1.05. The van der Waals surface area contributed by atoms with Crippen LogP contribution in [0.1, 0.15) is 30.9 Å². The van der Waals surface area contributed by atoms with Crippen LogP contribution in [0.3, 0.4) is 0 Å². The molecule has 0 aliphatic carbocycles. The highest BCUT2D eigenvalue weighted by Crippen LogP contribution is 2.27. The second-order valence-electron chi connectivity index (χ2n) is 3.23. The molecule has 0 unspecified atom stereocenters. The summed E-state index contributed by atoms with van der Waals surface area (Å²) in [5.74, 6) is 1.44. The zero-order valence-corrected chi connectivity index (χ0v) is 8.09. The molecular weight excluding hydrogens is 150 g/mol. The van der Waals surface area contributed by atoms with E-state index in [9.17, 15) is 0 Å². The molecule has 0 saturated carbocycles. The van der Waals surface area contributed by atoms with Crippen molar-refractivity contribution in [3.05, 3.63) is 23.5 Å². The van der Waals surface area contributed by atoms with Gasteiger partial charge in [0, 0.05) is 23.5 Å². The van der Waals surface area contributed by atoms with Crippen LogP contribution in [-0.4, -0.2) is 12.1 Å². The number of hydrogen-bond donors (Lipinski definition) is 0. The lowest BCUT2D eigenvalue weighted by molar-refractivity contribution is 0.403. The van der Waals surface area contributed by atoms with Gasteiger partial charge in [0.1, 0.15) is 5.75 Å². The van der Waals surface area contributed by atoms with E-state index >= 15 is 0 Å². The second-order valence-corrected chi connectivity index (χ2v) is 3.23. The van der Waals surface area contributed by atoms with E-state index in [2.05, 4.69) is 18.8 Å². The molecule has 0 bridgehead atoms. The summed E-state index contributed by atoms with van der Waals surface area (Å²) in [6, 6.07) is 0. The quantitative estimate of drug-likeness (QED) is 0.671. The molecule has 0 spiro atoms. The molecule has 1 rings (SSSR count).